The van der Waals surface area contributed by atoms with Gasteiger partial charge in [0.25, 0.3) is 0 Å². The van der Waals surface area contributed by atoms with Gasteiger partial charge in [0.15, 0.2) is 0 Å². The molecule has 314 valence electrons. The maximum atomic E-state index is 9.95. The first kappa shape index (κ1) is 37.8. The molecule has 0 unspecified atom stereocenters. The summed E-state index contributed by atoms with van der Waals surface area (Å²) in [5.74, 6) is 1.50. The summed E-state index contributed by atoms with van der Waals surface area (Å²) in [5.41, 5.74) is 16.8. The number of hydrogen-bond acceptors (Lipinski definition) is 5. The van der Waals surface area contributed by atoms with Crippen molar-refractivity contribution in [1.29, 1.82) is 10.5 Å². The van der Waals surface area contributed by atoms with Gasteiger partial charge in [0.2, 0.25) is 0 Å². The molecule has 0 fully saturated rings. The quantitative estimate of drug-likeness (QED) is 0.176. The minimum atomic E-state index is -0.755. The normalized spacial score (nSPS) is 12.9. The second-order valence-corrected chi connectivity index (χ2v) is 17.6. The van der Waals surface area contributed by atoms with Crippen LogP contribution in [0.2, 0.25) is 0 Å². The van der Waals surface area contributed by atoms with Gasteiger partial charge in [-0.2, -0.15) is 10.5 Å². The molecule has 68 heavy (non-hydrogen) atoms. The molecule has 5 heterocycles. The number of hydrogen-bond donors (Lipinski definition) is 0. The fourth-order valence-corrected chi connectivity index (χ4v) is 11.2. The Hall–Kier alpha value is -9.56. The minimum absolute atomic E-state index is 0.619. The average Bonchev–Trinajstić information content (AvgIpc) is 4.02. The Labute approximate surface area is 390 Å². The maximum Gasteiger partial charge on any atom is 0.132 e. The maximum absolute atomic E-state index is 9.95. The van der Waals surface area contributed by atoms with Crippen LogP contribution in [-0.2, 0) is 5.41 Å². The Kier molecular flexibility index (Phi) is 7.90. The summed E-state index contributed by atoms with van der Waals surface area (Å²) >= 11 is 0. The Morgan fingerprint density at radius 3 is 1.22 bits per heavy atom. The smallest absolute Gasteiger partial charge is 0.132 e. The van der Waals surface area contributed by atoms with Gasteiger partial charge in [-0.3, -0.25) is 9.97 Å². The molecule has 0 amide bonds. The summed E-state index contributed by atoms with van der Waals surface area (Å²) in [7, 11) is 0. The number of para-hydroxylation sites is 2. The van der Waals surface area contributed by atoms with Gasteiger partial charge in [-0.1, -0.05) is 84.9 Å². The van der Waals surface area contributed by atoms with E-state index in [9.17, 15) is 10.5 Å². The predicted molar refractivity (Wildman–Crippen MR) is 268 cm³/mol. The predicted octanol–water partition coefficient (Wildman–Crippen LogP) is 14.2. The van der Waals surface area contributed by atoms with Crippen LogP contribution in [0.25, 0.3) is 88.6 Å². The summed E-state index contributed by atoms with van der Waals surface area (Å²) in [5, 5.41) is 24.1. The second-order valence-electron chi connectivity index (χ2n) is 17.6. The van der Waals surface area contributed by atoms with Crippen LogP contribution < -0.4 is 4.74 Å². The van der Waals surface area contributed by atoms with E-state index in [-0.39, 0.29) is 0 Å². The summed E-state index contributed by atoms with van der Waals surface area (Å²) in [6.45, 7) is 0. The second kappa shape index (κ2) is 14.2. The number of ether oxygens (including phenoxy) is 1. The van der Waals surface area contributed by atoms with E-state index in [0.717, 1.165) is 122 Å². The van der Waals surface area contributed by atoms with E-state index in [1.165, 1.54) is 0 Å². The van der Waals surface area contributed by atoms with Gasteiger partial charge >= 0.3 is 0 Å². The third-order valence-corrected chi connectivity index (χ3v) is 14.1. The molecule has 0 bridgehead atoms. The lowest BCUT2D eigenvalue weighted by molar-refractivity contribution is 0.436. The van der Waals surface area contributed by atoms with Gasteiger partial charge < -0.3 is 13.9 Å². The highest BCUT2D eigenvalue weighted by molar-refractivity contribution is 6.12. The van der Waals surface area contributed by atoms with Crippen molar-refractivity contribution in [2.75, 3.05) is 0 Å². The van der Waals surface area contributed by atoms with E-state index in [0.29, 0.717) is 11.1 Å². The van der Waals surface area contributed by atoms with Gasteiger partial charge in [0.1, 0.15) is 11.5 Å². The Morgan fingerprint density at radius 2 is 0.779 bits per heavy atom. The first-order valence-corrected chi connectivity index (χ1v) is 22.6. The van der Waals surface area contributed by atoms with Crippen molar-refractivity contribution in [3.05, 3.63) is 240 Å². The summed E-state index contributed by atoms with van der Waals surface area (Å²) in [6, 6.07) is 72.1. The van der Waals surface area contributed by atoms with Gasteiger partial charge in [0.05, 0.1) is 62.1 Å². The van der Waals surface area contributed by atoms with Crippen molar-refractivity contribution in [3.63, 3.8) is 0 Å². The van der Waals surface area contributed by atoms with E-state index in [1.807, 2.05) is 73.1 Å². The molecule has 8 aromatic carbocycles. The molecule has 0 N–H and O–H groups in total. The van der Waals surface area contributed by atoms with E-state index in [1.54, 1.807) is 0 Å². The third kappa shape index (κ3) is 5.21. The lowest BCUT2D eigenvalue weighted by Crippen LogP contribution is -2.32. The molecule has 4 aromatic heterocycles. The van der Waals surface area contributed by atoms with Gasteiger partial charge in [-0.25, -0.2) is 0 Å². The molecular weight excluding hydrogens is 833 g/mol. The number of pyridine rings is 2. The van der Waals surface area contributed by atoms with Crippen LogP contribution in [0.4, 0.5) is 0 Å². The molecule has 0 saturated heterocycles. The van der Waals surface area contributed by atoms with Crippen molar-refractivity contribution < 1.29 is 4.74 Å². The molecule has 2 aliphatic rings. The molecule has 0 atom stereocenters. The summed E-state index contributed by atoms with van der Waals surface area (Å²) < 4.78 is 11.7. The standard InChI is InChI=1S/C61H34N6O/c62-35-37-15-23-53-45(29-37)47-31-39(19-25-55(47)66(53)43-9-3-1-4-10-43)41-17-21-49-57(33-41)68-58-34-42(18-22-50(58)61(49)51-13-7-27-64-59(51)60-52(61)14-8-28-65-60)40-20-26-56-48(32-40)46-30-38(36-63)16-24-54(46)67(56)44-11-5-2-6-12-44/h1-34H. The number of benzene rings is 8. The van der Waals surface area contributed by atoms with E-state index in [4.69, 9.17) is 14.7 Å². The fourth-order valence-electron chi connectivity index (χ4n) is 11.2. The van der Waals surface area contributed by atoms with Gasteiger partial charge in [-0.15, -0.1) is 0 Å². The highest BCUT2D eigenvalue weighted by Crippen LogP contribution is 2.62. The molecule has 0 saturated carbocycles. The van der Waals surface area contributed by atoms with Crippen LogP contribution in [0.1, 0.15) is 33.4 Å². The van der Waals surface area contributed by atoms with E-state index >= 15 is 0 Å². The fraction of sp³-hybridized carbons (Fsp3) is 0.0164. The number of fused-ring (bicyclic) bond motifs is 15. The van der Waals surface area contributed by atoms with Crippen LogP contribution in [0.5, 0.6) is 11.5 Å². The zero-order chi connectivity index (χ0) is 45.1. The van der Waals surface area contributed by atoms with Crippen molar-refractivity contribution in [2.45, 2.75) is 5.41 Å². The van der Waals surface area contributed by atoms with Crippen molar-refractivity contribution in [2.24, 2.45) is 0 Å². The van der Waals surface area contributed by atoms with Crippen LogP contribution in [-0.4, -0.2) is 19.1 Å². The molecule has 1 aliphatic heterocycles. The van der Waals surface area contributed by atoms with Crippen molar-refractivity contribution in [1.82, 2.24) is 19.1 Å². The van der Waals surface area contributed by atoms with Crippen LogP contribution >= 0.6 is 0 Å². The molecular formula is C61H34N6O. The monoisotopic (exact) mass is 866 g/mol. The zero-order valence-corrected chi connectivity index (χ0v) is 36.2. The summed E-state index contributed by atoms with van der Waals surface area (Å²) in [6.07, 6.45) is 3.69. The average molecular weight is 867 g/mol. The van der Waals surface area contributed by atoms with Crippen molar-refractivity contribution >= 4 is 43.6 Å². The summed E-state index contributed by atoms with van der Waals surface area (Å²) in [4.78, 5) is 9.92. The third-order valence-electron chi connectivity index (χ3n) is 14.1. The molecule has 1 aliphatic carbocycles. The first-order valence-electron chi connectivity index (χ1n) is 22.6. The number of nitriles is 2. The Morgan fingerprint density at radius 1 is 0.382 bits per heavy atom. The topological polar surface area (TPSA) is 92.4 Å². The molecule has 0 radical (unpaired) electrons. The SMILES string of the molecule is N#Cc1ccc2c(c1)c1cc(-c3ccc4c(c3)Oc3cc(-c5ccc6c(c5)c5cc(C#N)ccc5n6-c5ccccc5)ccc3C43c4cccnc4-c4ncccc43)ccc1n2-c1ccccc1. The molecule has 12 aromatic rings. The number of nitrogens with zero attached hydrogens (tertiary/aromatic N) is 6. The van der Waals surface area contributed by atoms with E-state index < -0.39 is 5.41 Å². The Balaban J connectivity index is 0.965. The lowest BCUT2D eigenvalue weighted by Gasteiger charge is -2.39. The number of rotatable bonds is 4. The minimum Gasteiger partial charge on any atom is -0.457 e. The first-order chi connectivity index (χ1) is 33.6. The molecule has 14 rings (SSSR count). The van der Waals surface area contributed by atoms with Gasteiger partial charge in [-0.05, 0) is 143 Å². The van der Waals surface area contributed by atoms with E-state index in [2.05, 4.69) is 155 Å². The van der Waals surface area contributed by atoms with Crippen LogP contribution in [0.3, 0.4) is 0 Å². The Bertz CT molecular complexity index is 3940. The largest absolute Gasteiger partial charge is 0.457 e. The number of aromatic nitrogens is 4. The zero-order valence-electron chi connectivity index (χ0n) is 36.2. The highest BCUT2D eigenvalue weighted by atomic mass is 16.5. The van der Waals surface area contributed by atoms with Crippen molar-refractivity contribution in [3.8, 4) is 68.7 Å². The van der Waals surface area contributed by atoms with Crippen LogP contribution in [0, 0.1) is 22.7 Å². The van der Waals surface area contributed by atoms with Gasteiger partial charge in [0, 0.05) is 56.4 Å². The molecule has 7 nitrogen and oxygen atoms in total. The van der Waals surface area contributed by atoms with Crippen LogP contribution in [0.15, 0.2) is 207 Å². The molecule has 7 heteroatoms. The molecule has 1 spiro atoms. The highest BCUT2D eigenvalue weighted by Gasteiger charge is 2.52. The lowest BCUT2D eigenvalue weighted by atomic mass is 9.66.